The molecule has 3 nitrogen and oxygen atoms in total. The number of likely N-dealkylation sites (N-methyl/N-ethyl adjacent to an activating group) is 1. The minimum atomic E-state index is 0.223. The van der Waals surface area contributed by atoms with E-state index in [1.165, 1.54) is 24.8 Å². The van der Waals surface area contributed by atoms with Crippen LogP contribution in [0.2, 0.25) is 0 Å². The highest BCUT2D eigenvalue weighted by Gasteiger charge is 2.09. The van der Waals surface area contributed by atoms with Crippen LogP contribution in [0.1, 0.15) is 44.2 Å². The predicted molar refractivity (Wildman–Crippen MR) is 79.8 cm³/mol. The fraction of sp³-hybridized carbons (Fsp3) is 0.625. The molecule has 1 aromatic carbocycles. The lowest BCUT2D eigenvalue weighted by atomic mass is 10.1. The van der Waals surface area contributed by atoms with Crippen LogP contribution >= 0.6 is 0 Å². The lowest BCUT2D eigenvalue weighted by Gasteiger charge is -2.17. The van der Waals surface area contributed by atoms with E-state index >= 15 is 0 Å². The third kappa shape index (κ3) is 6.08. The molecule has 3 heteroatoms. The predicted octanol–water partition coefficient (Wildman–Crippen LogP) is 3.55. The van der Waals surface area contributed by atoms with Crippen molar-refractivity contribution in [2.45, 2.75) is 38.6 Å². The maximum Gasteiger partial charge on any atom is 0.119 e. The number of hydrogen-bond donors (Lipinski definition) is 1. The van der Waals surface area contributed by atoms with Gasteiger partial charge in [-0.25, -0.2) is 0 Å². The van der Waals surface area contributed by atoms with Gasteiger partial charge in [-0.05, 0) is 31.2 Å². The molecule has 1 unspecified atom stereocenters. The van der Waals surface area contributed by atoms with Crippen LogP contribution < -0.4 is 10.1 Å². The van der Waals surface area contributed by atoms with Gasteiger partial charge in [0.15, 0.2) is 0 Å². The van der Waals surface area contributed by atoms with Crippen molar-refractivity contribution >= 4 is 0 Å². The molecule has 0 heterocycles. The van der Waals surface area contributed by atoms with E-state index in [4.69, 9.17) is 9.47 Å². The SMILES string of the molecule is CCCCCCOCC(NC)c1cccc(OC)c1. The van der Waals surface area contributed by atoms with E-state index in [1.807, 2.05) is 19.2 Å². The first-order valence-corrected chi connectivity index (χ1v) is 7.20. The van der Waals surface area contributed by atoms with Gasteiger partial charge in [0.1, 0.15) is 5.75 Å². The van der Waals surface area contributed by atoms with Crippen molar-refractivity contribution in [3.63, 3.8) is 0 Å². The molecule has 0 aliphatic heterocycles. The molecule has 0 saturated carbocycles. The molecule has 108 valence electrons. The molecule has 0 bridgehead atoms. The van der Waals surface area contributed by atoms with Crippen molar-refractivity contribution in [1.29, 1.82) is 0 Å². The minimum Gasteiger partial charge on any atom is -0.497 e. The summed E-state index contributed by atoms with van der Waals surface area (Å²) >= 11 is 0. The molecule has 0 spiro atoms. The van der Waals surface area contributed by atoms with Crippen molar-refractivity contribution in [2.24, 2.45) is 0 Å². The van der Waals surface area contributed by atoms with Crippen LogP contribution in [0.4, 0.5) is 0 Å². The third-order valence-corrected chi connectivity index (χ3v) is 3.27. The van der Waals surface area contributed by atoms with Gasteiger partial charge in [0.05, 0.1) is 19.8 Å². The van der Waals surface area contributed by atoms with Gasteiger partial charge < -0.3 is 14.8 Å². The number of ether oxygens (including phenoxy) is 2. The molecule has 0 aliphatic carbocycles. The second-order valence-corrected chi connectivity index (χ2v) is 4.75. The number of unbranched alkanes of at least 4 members (excludes halogenated alkanes) is 3. The van der Waals surface area contributed by atoms with Crippen molar-refractivity contribution in [2.75, 3.05) is 27.4 Å². The highest BCUT2D eigenvalue weighted by molar-refractivity contribution is 5.30. The summed E-state index contributed by atoms with van der Waals surface area (Å²) in [4.78, 5) is 0. The second-order valence-electron chi connectivity index (χ2n) is 4.75. The first-order valence-electron chi connectivity index (χ1n) is 7.20. The van der Waals surface area contributed by atoms with Gasteiger partial charge in [0, 0.05) is 6.61 Å². The van der Waals surface area contributed by atoms with Crippen LogP contribution in [0, 0.1) is 0 Å². The first-order chi connectivity index (χ1) is 9.31. The molecule has 1 rings (SSSR count). The van der Waals surface area contributed by atoms with Crippen LogP contribution in [0.3, 0.4) is 0 Å². The molecule has 0 radical (unpaired) electrons. The van der Waals surface area contributed by atoms with Crippen LogP contribution in [-0.2, 0) is 4.74 Å². The molecule has 0 aromatic heterocycles. The molecule has 0 amide bonds. The highest BCUT2D eigenvalue weighted by atomic mass is 16.5. The molecule has 1 atom stereocenters. The monoisotopic (exact) mass is 265 g/mol. The number of rotatable bonds is 10. The molecule has 1 N–H and O–H groups in total. The third-order valence-electron chi connectivity index (χ3n) is 3.27. The van der Waals surface area contributed by atoms with Crippen molar-refractivity contribution in [3.05, 3.63) is 29.8 Å². The van der Waals surface area contributed by atoms with Crippen LogP contribution in [-0.4, -0.2) is 27.4 Å². The summed E-state index contributed by atoms with van der Waals surface area (Å²) in [6, 6.07) is 8.36. The molecular weight excluding hydrogens is 238 g/mol. The van der Waals surface area contributed by atoms with Gasteiger partial charge in [0.2, 0.25) is 0 Å². The number of hydrogen-bond acceptors (Lipinski definition) is 3. The van der Waals surface area contributed by atoms with E-state index < -0.39 is 0 Å². The fourth-order valence-corrected chi connectivity index (χ4v) is 2.04. The van der Waals surface area contributed by atoms with Crippen LogP contribution in [0.5, 0.6) is 5.75 Å². The quantitative estimate of drug-likeness (QED) is 0.656. The lowest BCUT2D eigenvalue weighted by molar-refractivity contribution is 0.110. The van der Waals surface area contributed by atoms with Gasteiger partial charge in [-0.1, -0.05) is 38.3 Å². The Kier molecular flexibility index (Phi) is 8.26. The average molecular weight is 265 g/mol. The van der Waals surface area contributed by atoms with Gasteiger partial charge in [0.25, 0.3) is 0 Å². The zero-order valence-electron chi connectivity index (χ0n) is 12.4. The zero-order chi connectivity index (χ0) is 13.9. The fourth-order valence-electron chi connectivity index (χ4n) is 2.04. The Bertz CT molecular complexity index is 341. The molecule has 19 heavy (non-hydrogen) atoms. The lowest BCUT2D eigenvalue weighted by Crippen LogP contribution is -2.22. The molecule has 0 saturated heterocycles. The maximum absolute atomic E-state index is 5.76. The van der Waals surface area contributed by atoms with E-state index in [9.17, 15) is 0 Å². The van der Waals surface area contributed by atoms with E-state index in [2.05, 4.69) is 24.4 Å². The molecule has 1 aromatic rings. The Morgan fingerprint density at radius 2 is 2.05 bits per heavy atom. The summed E-state index contributed by atoms with van der Waals surface area (Å²) in [5.74, 6) is 0.890. The largest absolute Gasteiger partial charge is 0.497 e. The van der Waals surface area contributed by atoms with Gasteiger partial charge in [-0.2, -0.15) is 0 Å². The standard InChI is InChI=1S/C16H27NO2/c1-4-5-6-7-11-19-13-16(17-2)14-9-8-10-15(12-14)18-3/h8-10,12,16-17H,4-7,11,13H2,1-3H3. The van der Waals surface area contributed by atoms with Crippen molar-refractivity contribution in [3.8, 4) is 5.75 Å². The van der Waals surface area contributed by atoms with E-state index in [0.29, 0.717) is 6.61 Å². The normalized spacial score (nSPS) is 12.4. The first kappa shape index (κ1) is 16.0. The number of benzene rings is 1. The summed E-state index contributed by atoms with van der Waals surface area (Å²) in [5.41, 5.74) is 1.20. The molecule has 0 fully saturated rings. The van der Waals surface area contributed by atoms with E-state index in [-0.39, 0.29) is 6.04 Å². The van der Waals surface area contributed by atoms with Crippen LogP contribution in [0.15, 0.2) is 24.3 Å². The summed E-state index contributed by atoms with van der Waals surface area (Å²) in [5, 5.41) is 3.29. The Hall–Kier alpha value is -1.06. The van der Waals surface area contributed by atoms with Crippen molar-refractivity contribution < 1.29 is 9.47 Å². The highest BCUT2D eigenvalue weighted by Crippen LogP contribution is 2.19. The summed E-state index contributed by atoms with van der Waals surface area (Å²) in [7, 11) is 3.66. The van der Waals surface area contributed by atoms with Gasteiger partial charge >= 0.3 is 0 Å². The second kappa shape index (κ2) is 9.82. The Morgan fingerprint density at radius 1 is 1.21 bits per heavy atom. The van der Waals surface area contributed by atoms with E-state index in [1.54, 1.807) is 7.11 Å². The Labute approximate surface area is 117 Å². The average Bonchev–Trinajstić information content (AvgIpc) is 2.46. The summed E-state index contributed by atoms with van der Waals surface area (Å²) in [6.45, 7) is 3.78. The van der Waals surface area contributed by atoms with Crippen LogP contribution in [0.25, 0.3) is 0 Å². The summed E-state index contributed by atoms with van der Waals surface area (Å²) < 4.78 is 11.0. The van der Waals surface area contributed by atoms with Gasteiger partial charge in [-0.3, -0.25) is 0 Å². The molecular formula is C16H27NO2. The van der Waals surface area contributed by atoms with E-state index in [0.717, 1.165) is 18.8 Å². The van der Waals surface area contributed by atoms with Crippen molar-refractivity contribution in [1.82, 2.24) is 5.32 Å². The topological polar surface area (TPSA) is 30.5 Å². The Balaban J connectivity index is 2.35. The summed E-state index contributed by atoms with van der Waals surface area (Å²) in [6.07, 6.45) is 4.99. The Morgan fingerprint density at radius 3 is 2.74 bits per heavy atom. The zero-order valence-corrected chi connectivity index (χ0v) is 12.4. The maximum atomic E-state index is 5.76. The molecule has 0 aliphatic rings. The minimum absolute atomic E-state index is 0.223. The van der Waals surface area contributed by atoms with Gasteiger partial charge in [-0.15, -0.1) is 0 Å². The number of nitrogens with one attached hydrogen (secondary N) is 1. The smallest absolute Gasteiger partial charge is 0.119 e. The number of methoxy groups -OCH3 is 1.